The summed E-state index contributed by atoms with van der Waals surface area (Å²) in [6, 6.07) is 3.67. The number of amides is 1. The molecule has 29 heavy (non-hydrogen) atoms. The Bertz CT molecular complexity index is 633. The minimum atomic E-state index is -0.416. The molecule has 1 heterocycles. The van der Waals surface area contributed by atoms with Crippen LogP contribution in [0.25, 0.3) is 0 Å². The van der Waals surface area contributed by atoms with E-state index in [1.54, 1.807) is 25.3 Å². The molecule has 164 valence electrons. The van der Waals surface area contributed by atoms with Gasteiger partial charge in [-0.05, 0) is 43.1 Å². The average Bonchev–Trinajstić information content (AvgIpc) is 3.40. The Kier molecular flexibility index (Phi) is 9.33. The highest BCUT2D eigenvalue weighted by molar-refractivity contribution is 5.78. The van der Waals surface area contributed by atoms with Gasteiger partial charge in [-0.2, -0.15) is 0 Å². The van der Waals surface area contributed by atoms with Crippen LogP contribution >= 0.6 is 0 Å². The first-order valence-electron chi connectivity index (χ1n) is 10.3. The van der Waals surface area contributed by atoms with Crippen molar-refractivity contribution in [2.75, 3.05) is 34.4 Å². The van der Waals surface area contributed by atoms with Gasteiger partial charge < -0.3 is 18.9 Å². The van der Waals surface area contributed by atoms with Crippen LogP contribution in [-0.2, 0) is 25.4 Å². The molecule has 1 aromatic heterocycles. The molecule has 1 saturated carbocycles. The normalized spacial score (nSPS) is 15.9. The molecule has 0 aromatic carbocycles. The van der Waals surface area contributed by atoms with Crippen molar-refractivity contribution >= 4 is 5.91 Å². The summed E-state index contributed by atoms with van der Waals surface area (Å²) >= 11 is 0. The summed E-state index contributed by atoms with van der Waals surface area (Å²) in [7, 11) is 3.13. The first-order valence-corrected chi connectivity index (χ1v) is 10.3. The minimum Gasteiger partial charge on any atom is -0.493 e. The van der Waals surface area contributed by atoms with Crippen molar-refractivity contribution in [3.05, 3.63) is 24.0 Å². The molecule has 0 unspecified atom stereocenters. The lowest BCUT2D eigenvalue weighted by atomic mass is 10.1. The highest BCUT2D eigenvalue weighted by Crippen LogP contribution is 2.47. The lowest BCUT2D eigenvalue weighted by Crippen LogP contribution is -2.45. The predicted octanol–water partition coefficient (Wildman–Crippen LogP) is 3.62. The summed E-state index contributed by atoms with van der Waals surface area (Å²) in [5, 5.41) is 0. The second kappa shape index (κ2) is 11.5. The first-order chi connectivity index (χ1) is 13.9. The van der Waals surface area contributed by atoms with Crippen LogP contribution in [0.5, 0.6) is 5.75 Å². The summed E-state index contributed by atoms with van der Waals surface area (Å²) in [6.07, 6.45) is 5.73. The van der Waals surface area contributed by atoms with Crippen molar-refractivity contribution in [3.63, 3.8) is 0 Å². The zero-order chi connectivity index (χ0) is 21.3. The van der Waals surface area contributed by atoms with Crippen molar-refractivity contribution in [2.24, 2.45) is 11.3 Å². The number of aromatic nitrogens is 1. The van der Waals surface area contributed by atoms with E-state index in [1.807, 2.05) is 12.1 Å². The number of hydrogen-bond acceptors (Lipinski definition) is 6. The van der Waals surface area contributed by atoms with Gasteiger partial charge >= 0.3 is 0 Å². The van der Waals surface area contributed by atoms with E-state index in [0.717, 1.165) is 12.2 Å². The summed E-state index contributed by atoms with van der Waals surface area (Å²) in [5.41, 5.74) is 1.13. The van der Waals surface area contributed by atoms with Gasteiger partial charge in [0.2, 0.25) is 5.91 Å². The van der Waals surface area contributed by atoms with Crippen LogP contribution in [0.3, 0.4) is 0 Å². The number of ether oxygens (including phenoxy) is 4. The van der Waals surface area contributed by atoms with Crippen molar-refractivity contribution in [1.82, 2.24) is 9.88 Å². The Morgan fingerprint density at radius 2 is 2.03 bits per heavy atom. The predicted molar refractivity (Wildman–Crippen MR) is 110 cm³/mol. The van der Waals surface area contributed by atoms with Crippen LogP contribution in [0.15, 0.2) is 18.3 Å². The molecule has 1 aromatic rings. The molecule has 1 atom stereocenters. The number of hydrogen-bond donors (Lipinski definition) is 0. The van der Waals surface area contributed by atoms with Crippen LogP contribution in [-0.4, -0.2) is 56.4 Å². The minimum absolute atomic E-state index is 0.108. The van der Waals surface area contributed by atoms with E-state index in [4.69, 9.17) is 18.9 Å². The third kappa shape index (κ3) is 8.28. The van der Waals surface area contributed by atoms with Gasteiger partial charge in [0.25, 0.3) is 0 Å². The molecule has 2 rings (SSSR count). The third-order valence-electron chi connectivity index (χ3n) is 5.19. The van der Waals surface area contributed by atoms with Gasteiger partial charge in [-0.3, -0.25) is 14.7 Å². The maximum atomic E-state index is 13.0. The number of pyridine rings is 1. The van der Waals surface area contributed by atoms with Crippen LogP contribution in [0.2, 0.25) is 0 Å². The fourth-order valence-electron chi connectivity index (χ4n) is 3.07. The zero-order valence-corrected chi connectivity index (χ0v) is 18.5. The number of rotatable bonds is 14. The summed E-state index contributed by atoms with van der Waals surface area (Å²) < 4.78 is 21.9. The third-order valence-corrected chi connectivity index (χ3v) is 5.19. The molecule has 1 aliphatic rings. The molecule has 1 aliphatic carbocycles. The molecule has 0 radical (unpaired) electrons. The smallest absolute Gasteiger partial charge is 0.232 e. The van der Waals surface area contributed by atoms with E-state index in [0.29, 0.717) is 30.1 Å². The highest BCUT2D eigenvalue weighted by atomic mass is 16.7. The molecule has 0 N–H and O–H groups in total. The molecule has 1 fully saturated rings. The molecule has 1 amide bonds. The van der Waals surface area contributed by atoms with E-state index < -0.39 is 6.23 Å². The van der Waals surface area contributed by atoms with Crippen LogP contribution in [0.4, 0.5) is 0 Å². The Balaban J connectivity index is 1.98. The molecule has 0 bridgehead atoms. The van der Waals surface area contributed by atoms with Gasteiger partial charge in [0.1, 0.15) is 25.5 Å². The van der Waals surface area contributed by atoms with Gasteiger partial charge in [0.15, 0.2) is 0 Å². The van der Waals surface area contributed by atoms with Crippen molar-refractivity contribution < 1.29 is 23.7 Å². The molecule has 0 aliphatic heterocycles. The lowest BCUT2D eigenvalue weighted by molar-refractivity contribution is -0.175. The second-order valence-corrected chi connectivity index (χ2v) is 8.51. The van der Waals surface area contributed by atoms with E-state index in [9.17, 15) is 4.79 Å². The lowest BCUT2D eigenvalue weighted by Gasteiger charge is -2.32. The second-order valence-electron chi connectivity index (χ2n) is 8.51. The van der Waals surface area contributed by atoms with Crippen LogP contribution in [0.1, 0.15) is 52.1 Å². The maximum Gasteiger partial charge on any atom is 0.232 e. The first kappa shape index (κ1) is 23.6. The Labute approximate surface area is 174 Å². The summed E-state index contributed by atoms with van der Waals surface area (Å²) in [6.45, 7) is 7.41. The van der Waals surface area contributed by atoms with Gasteiger partial charge in [-0.25, -0.2) is 0 Å². The van der Waals surface area contributed by atoms with Crippen molar-refractivity contribution in [2.45, 2.75) is 59.1 Å². The zero-order valence-electron chi connectivity index (χ0n) is 18.5. The van der Waals surface area contributed by atoms with E-state index in [-0.39, 0.29) is 25.9 Å². The molecule has 0 saturated heterocycles. The fraction of sp³-hybridized carbons (Fsp3) is 0.727. The number of nitrogens with zero attached hydrogens (tertiary/aromatic N) is 2. The quantitative estimate of drug-likeness (QED) is 0.438. The topological polar surface area (TPSA) is 70.1 Å². The van der Waals surface area contributed by atoms with Crippen LogP contribution in [0, 0.1) is 11.3 Å². The molecular formula is C22H36N2O5. The molecular weight excluding hydrogens is 372 g/mol. The number of methoxy groups -OCH3 is 2. The fourth-order valence-corrected chi connectivity index (χ4v) is 3.07. The largest absolute Gasteiger partial charge is 0.493 e. The monoisotopic (exact) mass is 408 g/mol. The van der Waals surface area contributed by atoms with E-state index in [2.05, 4.69) is 25.8 Å². The Hall–Kier alpha value is -1.70. The van der Waals surface area contributed by atoms with Crippen LogP contribution < -0.4 is 4.74 Å². The van der Waals surface area contributed by atoms with Gasteiger partial charge in [0, 0.05) is 26.5 Å². The Morgan fingerprint density at radius 3 is 2.66 bits per heavy atom. The van der Waals surface area contributed by atoms with Gasteiger partial charge in [-0.1, -0.05) is 20.8 Å². The summed E-state index contributed by atoms with van der Waals surface area (Å²) in [5.74, 6) is 0.996. The maximum absolute atomic E-state index is 13.0. The standard InChI is InChI=1S/C22H36N2O5/c1-17(2)12-21(29-16-27-5)24(15-26-4)20(25)14-18-13-19(6-10-23-18)28-11-9-22(3)7-8-22/h6,10,13,17,21H,7-9,11-12,14-16H2,1-5H3/t21-/m1/s1. The van der Waals surface area contributed by atoms with Gasteiger partial charge in [0.05, 0.1) is 18.7 Å². The SMILES string of the molecule is COCO[C@H](CC(C)C)N(COC)C(=O)Cc1cc(OCCC2(C)CC2)ccn1. The van der Waals surface area contributed by atoms with E-state index >= 15 is 0 Å². The van der Waals surface area contributed by atoms with E-state index in [1.165, 1.54) is 12.8 Å². The molecule has 7 nitrogen and oxygen atoms in total. The van der Waals surface area contributed by atoms with Gasteiger partial charge in [-0.15, -0.1) is 0 Å². The molecule has 7 heteroatoms. The Morgan fingerprint density at radius 1 is 1.28 bits per heavy atom. The van der Waals surface area contributed by atoms with Crippen molar-refractivity contribution in [1.29, 1.82) is 0 Å². The highest BCUT2D eigenvalue weighted by Gasteiger charge is 2.36. The average molecular weight is 409 g/mol. The van der Waals surface area contributed by atoms with Crippen molar-refractivity contribution in [3.8, 4) is 5.75 Å². The summed E-state index contributed by atoms with van der Waals surface area (Å²) in [4.78, 5) is 18.9. The number of carbonyl (C=O) groups excluding carboxylic acids is 1. The molecule has 0 spiro atoms. The number of carbonyl (C=O) groups is 1.